The van der Waals surface area contributed by atoms with Crippen LogP contribution in [0.2, 0.25) is 0 Å². The number of nitrogens with one attached hydrogen (secondary N) is 1. The van der Waals surface area contributed by atoms with Gasteiger partial charge in [-0.1, -0.05) is 74.0 Å². The number of aromatic nitrogens is 4. The van der Waals surface area contributed by atoms with E-state index < -0.39 is 6.23 Å². The summed E-state index contributed by atoms with van der Waals surface area (Å²) in [6.45, 7) is 2.34. The molecule has 7 nitrogen and oxygen atoms in total. The molecule has 1 unspecified atom stereocenters. The number of nitrogens with zero attached hydrogens (tertiary/aromatic N) is 4. The van der Waals surface area contributed by atoms with Gasteiger partial charge in [-0.3, -0.25) is 4.79 Å². The van der Waals surface area contributed by atoms with Crippen LogP contribution in [0, 0.1) is 5.82 Å². The van der Waals surface area contributed by atoms with Crippen LogP contribution in [-0.4, -0.2) is 42.8 Å². The van der Waals surface area contributed by atoms with Crippen LogP contribution in [0.5, 0.6) is 0 Å². The van der Waals surface area contributed by atoms with Crippen molar-refractivity contribution in [1.82, 2.24) is 25.5 Å². The molecule has 1 aromatic heterocycles. The lowest BCUT2D eigenvalue weighted by Gasteiger charge is -2.28. The number of aliphatic hydroxyl groups is 1. The Balaban J connectivity index is 1.49. The highest BCUT2D eigenvalue weighted by molar-refractivity contribution is 5.80. The molecule has 1 heterocycles. The first-order chi connectivity index (χ1) is 17.5. The summed E-state index contributed by atoms with van der Waals surface area (Å²) in [5.74, 6) is 0.224. The van der Waals surface area contributed by atoms with Gasteiger partial charge in [-0.2, -0.15) is 0 Å². The minimum absolute atomic E-state index is 0.0734. The van der Waals surface area contributed by atoms with Gasteiger partial charge in [0.05, 0.1) is 0 Å². The van der Waals surface area contributed by atoms with Crippen molar-refractivity contribution in [3.63, 3.8) is 0 Å². The smallest absolute Gasteiger partial charge is 0.224 e. The highest BCUT2D eigenvalue weighted by Gasteiger charge is 2.22. The maximum Gasteiger partial charge on any atom is 0.224 e. The molecule has 36 heavy (non-hydrogen) atoms. The van der Waals surface area contributed by atoms with Crippen molar-refractivity contribution in [3.8, 4) is 22.5 Å². The van der Waals surface area contributed by atoms with Crippen LogP contribution in [0.4, 0.5) is 4.39 Å². The number of benzene rings is 3. The first-order valence-electron chi connectivity index (χ1n) is 12.2. The van der Waals surface area contributed by atoms with Gasteiger partial charge in [0.2, 0.25) is 5.91 Å². The molecule has 0 aliphatic carbocycles. The zero-order chi connectivity index (χ0) is 25.3. The summed E-state index contributed by atoms with van der Waals surface area (Å²) in [5, 5.41) is 25.1. The van der Waals surface area contributed by atoms with Gasteiger partial charge in [0.25, 0.3) is 0 Å². The second-order valence-corrected chi connectivity index (χ2v) is 8.76. The molecular weight excluding hydrogens is 457 g/mol. The summed E-state index contributed by atoms with van der Waals surface area (Å²) < 4.78 is 13.2. The molecule has 0 aliphatic rings. The Labute approximate surface area is 210 Å². The minimum atomic E-state index is -0.932. The van der Waals surface area contributed by atoms with Crippen molar-refractivity contribution in [1.29, 1.82) is 0 Å². The number of rotatable bonds is 11. The van der Waals surface area contributed by atoms with Crippen LogP contribution < -0.4 is 0 Å². The molecule has 8 heteroatoms. The van der Waals surface area contributed by atoms with E-state index in [1.165, 1.54) is 12.1 Å². The van der Waals surface area contributed by atoms with Crippen LogP contribution >= 0.6 is 0 Å². The van der Waals surface area contributed by atoms with Crippen molar-refractivity contribution in [2.45, 2.75) is 51.8 Å². The Morgan fingerprint density at radius 3 is 2.36 bits per heavy atom. The topological polar surface area (TPSA) is 95.0 Å². The lowest BCUT2D eigenvalue weighted by molar-refractivity contribution is -0.143. The lowest BCUT2D eigenvalue weighted by Crippen LogP contribution is -2.40. The normalized spacial score (nSPS) is 11.9. The lowest BCUT2D eigenvalue weighted by atomic mass is 9.98. The third-order valence-electron chi connectivity index (χ3n) is 6.17. The van der Waals surface area contributed by atoms with Crippen LogP contribution in [-0.2, 0) is 17.8 Å². The quantitative estimate of drug-likeness (QED) is 0.286. The minimum Gasteiger partial charge on any atom is -0.374 e. The van der Waals surface area contributed by atoms with Crippen LogP contribution in [0.25, 0.3) is 22.5 Å². The molecule has 0 saturated carbocycles. The molecule has 0 radical (unpaired) electrons. The SMILES string of the molecule is CCCCC(=O)N(Cc1ccc(-c2ccccc2-c2nnn[nH]2)cc1)C(O)CCc1ccc(F)cc1. The number of unbranched alkanes of at least 4 members (excludes halogenated alkanes) is 1. The molecule has 3 aromatic carbocycles. The van der Waals surface area contributed by atoms with Gasteiger partial charge in [0.15, 0.2) is 5.82 Å². The van der Waals surface area contributed by atoms with E-state index >= 15 is 0 Å². The van der Waals surface area contributed by atoms with Crippen molar-refractivity contribution in [3.05, 3.63) is 89.7 Å². The van der Waals surface area contributed by atoms with Crippen molar-refractivity contribution in [2.75, 3.05) is 0 Å². The van der Waals surface area contributed by atoms with E-state index in [-0.39, 0.29) is 11.7 Å². The Bertz CT molecular complexity index is 1240. The molecule has 1 amide bonds. The van der Waals surface area contributed by atoms with Crippen LogP contribution in [0.15, 0.2) is 72.8 Å². The van der Waals surface area contributed by atoms with E-state index in [1.54, 1.807) is 17.0 Å². The fourth-order valence-electron chi connectivity index (χ4n) is 4.14. The molecule has 0 bridgehead atoms. The number of halogens is 1. The molecule has 0 aliphatic heterocycles. The van der Waals surface area contributed by atoms with Gasteiger partial charge in [0, 0.05) is 18.5 Å². The molecule has 4 rings (SSSR count). The summed E-state index contributed by atoms with van der Waals surface area (Å²) in [6.07, 6.45) is 2.05. The van der Waals surface area contributed by atoms with Gasteiger partial charge in [0.1, 0.15) is 12.0 Å². The highest BCUT2D eigenvalue weighted by atomic mass is 19.1. The van der Waals surface area contributed by atoms with Crippen LogP contribution in [0.1, 0.15) is 43.7 Å². The first kappa shape index (κ1) is 25.2. The van der Waals surface area contributed by atoms with Gasteiger partial charge in [-0.15, -0.1) is 5.10 Å². The van der Waals surface area contributed by atoms with Crippen molar-refractivity contribution in [2.24, 2.45) is 0 Å². The largest absolute Gasteiger partial charge is 0.374 e. The zero-order valence-corrected chi connectivity index (χ0v) is 20.3. The fourth-order valence-corrected chi connectivity index (χ4v) is 4.14. The summed E-state index contributed by atoms with van der Waals surface area (Å²) in [6, 6.07) is 22.0. The Morgan fingerprint density at radius 2 is 1.69 bits per heavy atom. The van der Waals surface area contributed by atoms with E-state index in [4.69, 9.17) is 0 Å². The molecule has 1 atom stereocenters. The molecule has 0 saturated heterocycles. The predicted octanol–water partition coefficient (Wildman–Crippen LogP) is 5.14. The maximum absolute atomic E-state index is 13.2. The molecule has 2 N–H and O–H groups in total. The number of aryl methyl sites for hydroxylation is 1. The number of carbonyl (C=O) groups is 1. The number of tetrazole rings is 1. The number of aliphatic hydroxyl groups excluding tert-OH is 1. The molecule has 0 fully saturated rings. The maximum atomic E-state index is 13.2. The fraction of sp³-hybridized carbons (Fsp3) is 0.286. The van der Waals surface area contributed by atoms with E-state index in [9.17, 15) is 14.3 Å². The van der Waals surface area contributed by atoms with Gasteiger partial charge in [-0.25, -0.2) is 9.49 Å². The first-order valence-corrected chi connectivity index (χ1v) is 12.2. The molecule has 186 valence electrons. The summed E-state index contributed by atoms with van der Waals surface area (Å²) >= 11 is 0. The Hall–Kier alpha value is -3.91. The van der Waals surface area contributed by atoms with Gasteiger partial charge >= 0.3 is 0 Å². The Morgan fingerprint density at radius 1 is 1.00 bits per heavy atom. The number of H-pyrrole nitrogens is 1. The number of carbonyl (C=O) groups excluding carboxylic acids is 1. The molecular formula is C28H30FN5O2. The number of hydrogen-bond acceptors (Lipinski definition) is 5. The predicted molar refractivity (Wildman–Crippen MR) is 136 cm³/mol. The van der Waals surface area contributed by atoms with E-state index in [0.717, 1.165) is 40.7 Å². The average molecular weight is 488 g/mol. The zero-order valence-electron chi connectivity index (χ0n) is 20.3. The van der Waals surface area contributed by atoms with Crippen LogP contribution in [0.3, 0.4) is 0 Å². The van der Waals surface area contributed by atoms with Gasteiger partial charge < -0.3 is 10.0 Å². The average Bonchev–Trinajstić information content (AvgIpc) is 3.45. The van der Waals surface area contributed by atoms with Crippen molar-refractivity contribution < 1.29 is 14.3 Å². The molecule has 0 spiro atoms. The third-order valence-corrected chi connectivity index (χ3v) is 6.17. The monoisotopic (exact) mass is 487 g/mol. The summed E-state index contributed by atoms with van der Waals surface area (Å²) in [5.41, 5.74) is 4.71. The molecule has 4 aromatic rings. The second kappa shape index (κ2) is 12.2. The third kappa shape index (κ3) is 6.40. The highest BCUT2D eigenvalue weighted by Crippen LogP contribution is 2.30. The van der Waals surface area contributed by atoms with Crippen molar-refractivity contribution >= 4 is 5.91 Å². The van der Waals surface area contributed by atoms with E-state index in [2.05, 4.69) is 20.6 Å². The summed E-state index contributed by atoms with van der Waals surface area (Å²) in [7, 11) is 0. The van der Waals surface area contributed by atoms with E-state index in [0.29, 0.717) is 31.6 Å². The standard InChI is InChI=1S/C28H30FN5O2/c1-2-3-8-26(35)34(27(36)18-13-20-11-16-23(29)17-12-20)19-21-9-14-22(15-10-21)24-6-4-5-7-25(24)28-30-32-33-31-28/h4-7,9-12,14-17,27,36H,2-3,8,13,18-19H2,1H3,(H,30,31,32,33). The summed E-state index contributed by atoms with van der Waals surface area (Å²) in [4.78, 5) is 14.5. The van der Waals surface area contributed by atoms with Gasteiger partial charge in [-0.05, 0) is 64.1 Å². The number of aromatic amines is 1. The van der Waals surface area contributed by atoms with E-state index in [1.807, 2.05) is 55.5 Å². The Kier molecular flexibility index (Phi) is 8.52. The number of hydrogen-bond donors (Lipinski definition) is 2. The second-order valence-electron chi connectivity index (χ2n) is 8.76. The number of amides is 1.